The Labute approximate surface area is 169 Å². The lowest BCUT2D eigenvalue weighted by Crippen LogP contribution is -2.37. The van der Waals surface area contributed by atoms with Crippen LogP contribution in [0.5, 0.6) is 0 Å². The van der Waals surface area contributed by atoms with E-state index in [9.17, 15) is 14.0 Å². The van der Waals surface area contributed by atoms with Gasteiger partial charge in [-0.25, -0.2) is 4.39 Å². The van der Waals surface area contributed by atoms with E-state index in [2.05, 4.69) is 0 Å². The summed E-state index contributed by atoms with van der Waals surface area (Å²) in [6, 6.07) is 13.4. The first-order valence-corrected chi connectivity index (χ1v) is 9.90. The second-order valence-corrected chi connectivity index (χ2v) is 7.57. The fourth-order valence-corrected chi connectivity index (χ4v) is 3.71. The first kappa shape index (κ1) is 20.3. The van der Waals surface area contributed by atoms with E-state index in [-0.39, 0.29) is 23.5 Å². The Balaban J connectivity index is 1.59. The van der Waals surface area contributed by atoms with E-state index in [4.69, 9.17) is 11.6 Å². The molecule has 2 amide bonds. The summed E-state index contributed by atoms with van der Waals surface area (Å²) in [5.74, 6) is -0.426. The van der Waals surface area contributed by atoms with Crippen molar-refractivity contribution in [1.82, 2.24) is 9.80 Å². The first-order chi connectivity index (χ1) is 13.5. The van der Waals surface area contributed by atoms with Gasteiger partial charge in [0.2, 0.25) is 5.91 Å². The molecular weight excluding hydrogens is 379 g/mol. The summed E-state index contributed by atoms with van der Waals surface area (Å²) < 4.78 is 13.4. The highest BCUT2D eigenvalue weighted by atomic mass is 35.5. The van der Waals surface area contributed by atoms with Gasteiger partial charge in [-0.3, -0.25) is 9.59 Å². The summed E-state index contributed by atoms with van der Waals surface area (Å²) in [6.45, 7) is 4.10. The van der Waals surface area contributed by atoms with Crippen LogP contribution < -0.4 is 0 Å². The molecule has 0 spiro atoms. The summed E-state index contributed by atoms with van der Waals surface area (Å²) in [7, 11) is 0. The van der Waals surface area contributed by atoms with Gasteiger partial charge in [-0.1, -0.05) is 42.8 Å². The van der Waals surface area contributed by atoms with E-state index in [0.29, 0.717) is 43.2 Å². The number of halogens is 2. The molecule has 1 aliphatic heterocycles. The van der Waals surface area contributed by atoms with Crippen molar-refractivity contribution in [3.8, 4) is 0 Å². The number of carbonyl (C=O) groups excluding carboxylic acids is 2. The molecule has 2 aromatic carbocycles. The number of carbonyl (C=O) groups is 2. The quantitative estimate of drug-likeness (QED) is 0.762. The molecule has 1 unspecified atom stereocenters. The molecule has 0 aliphatic carbocycles. The number of amides is 2. The Bertz CT molecular complexity index is 858. The third-order valence-electron chi connectivity index (χ3n) is 5.14. The molecule has 148 valence electrons. The molecule has 0 saturated carbocycles. The lowest BCUT2D eigenvalue weighted by Gasteiger charge is -2.24. The molecular formula is C22H24ClFN2O2. The van der Waals surface area contributed by atoms with E-state index in [1.165, 1.54) is 12.1 Å². The van der Waals surface area contributed by atoms with Crippen molar-refractivity contribution in [2.75, 3.05) is 26.2 Å². The lowest BCUT2D eigenvalue weighted by atomic mass is 9.97. The molecule has 6 heteroatoms. The molecule has 1 heterocycles. The zero-order valence-electron chi connectivity index (χ0n) is 15.9. The van der Waals surface area contributed by atoms with Gasteiger partial charge in [0.25, 0.3) is 5.91 Å². The molecule has 0 radical (unpaired) electrons. The molecule has 1 saturated heterocycles. The van der Waals surface area contributed by atoms with Gasteiger partial charge in [-0.15, -0.1) is 0 Å². The molecule has 4 nitrogen and oxygen atoms in total. The second kappa shape index (κ2) is 9.20. The molecule has 0 N–H and O–H groups in total. The average molecular weight is 403 g/mol. The molecule has 1 atom stereocenters. The largest absolute Gasteiger partial charge is 0.341 e. The van der Waals surface area contributed by atoms with Crippen LogP contribution in [-0.2, 0) is 4.79 Å². The molecule has 28 heavy (non-hydrogen) atoms. The summed E-state index contributed by atoms with van der Waals surface area (Å²) in [6.07, 6.45) is 1.04. The van der Waals surface area contributed by atoms with Crippen LogP contribution in [0.2, 0.25) is 5.02 Å². The van der Waals surface area contributed by atoms with Gasteiger partial charge in [-0.05, 0) is 42.2 Å². The Hall–Kier alpha value is -2.40. The monoisotopic (exact) mass is 402 g/mol. The van der Waals surface area contributed by atoms with E-state index in [1.807, 2.05) is 13.0 Å². The van der Waals surface area contributed by atoms with Crippen molar-refractivity contribution >= 4 is 23.4 Å². The molecule has 0 aromatic heterocycles. The molecule has 2 aromatic rings. The number of nitrogens with zero attached hydrogens (tertiary/aromatic N) is 2. The average Bonchev–Trinajstić information content (AvgIpc) is 2.94. The topological polar surface area (TPSA) is 40.6 Å². The molecule has 0 bridgehead atoms. The van der Waals surface area contributed by atoms with Crippen molar-refractivity contribution in [3.05, 3.63) is 70.5 Å². The van der Waals surface area contributed by atoms with Crippen LogP contribution in [0.4, 0.5) is 4.39 Å². The Morgan fingerprint density at radius 2 is 1.75 bits per heavy atom. The maximum atomic E-state index is 13.4. The van der Waals surface area contributed by atoms with Crippen LogP contribution in [-0.4, -0.2) is 47.8 Å². The Morgan fingerprint density at radius 3 is 2.50 bits per heavy atom. The Kier molecular flexibility index (Phi) is 6.68. The van der Waals surface area contributed by atoms with Gasteiger partial charge < -0.3 is 9.80 Å². The van der Waals surface area contributed by atoms with Gasteiger partial charge in [0, 0.05) is 32.6 Å². The number of hydrogen-bond acceptors (Lipinski definition) is 2. The van der Waals surface area contributed by atoms with Gasteiger partial charge >= 0.3 is 0 Å². The minimum absolute atomic E-state index is 0.0313. The molecule has 3 rings (SSSR count). The summed E-state index contributed by atoms with van der Waals surface area (Å²) >= 11 is 6.15. The van der Waals surface area contributed by atoms with Crippen molar-refractivity contribution < 1.29 is 14.0 Å². The Morgan fingerprint density at radius 1 is 1.04 bits per heavy atom. The predicted molar refractivity (Wildman–Crippen MR) is 108 cm³/mol. The van der Waals surface area contributed by atoms with E-state index < -0.39 is 0 Å². The third kappa shape index (κ3) is 4.90. The van der Waals surface area contributed by atoms with Crippen LogP contribution in [0.25, 0.3) is 0 Å². The van der Waals surface area contributed by atoms with Crippen LogP contribution in [0.3, 0.4) is 0 Å². The summed E-state index contributed by atoms with van der Waals surface area (Å²) in [4.78, 5) is 29.0. The highest BCUT2D eigenvalue weighted by Crippen LogP contribution is 2.22. The normalized spacial score (nSPS) is 15.8. The fraction of sp³-hybridized carbons (Fsp3) is 0.364. The van der Waals surface area contributed by atoms with E-state index >= 15 is 0 Å². The first-order valence-electron chi connectivity index (χ1n) is 9.52. The molecule has 1 fully saturated rings. The van der Waals surface area contributed by atoms with E-state index in [1.54, 1.807) is 40.1 Å². The third-order valence-corrected chi connectivity index (χ3v) is 5.47. The van der Waals surface area contributed by atoms with Crippen molar-refractivity contribution in [3.63, 3.8) is 0 Å². The predicted octanol–water partition coefficient (Wildman–Crippen LogP) is 4.35. The van der Waals surface area contributed by atoms with Crippen molar-refractivity contribution in [2.24, 2.45) is 0 Å². The van der Waals surface area contributed by atoms with Crippen molar-refractivity contribution in [2.45, 2.75) is 25.7 Å². The van der Waals surface area contributed by atoms with Crippen LogP contribution in [0, 0.1) is 5.82 Å². The summed E-state index contributed by atoms with van der Waals surface area (Å²) in [5, 5.41) is 0.439. The minimum atomic E-state index is -0.291. The van der Waals surface area contributed by atoms with Crippen LogP contribution in [0.15, 0.2) is 48.5 Å². The highest BCUT2D eigenvalue weighted by molar-refractivity contribution is 6.33. The standard InChI is InChI=1S/C22H24ClFN2O2/c1-16(17-6-4-7-18(24)15-17)14-21(27)25-10-5-11-26(13-12-25)22(28)19-8-2-3-9-20(19)23/h2-4,6-9,15-16H,5,10-14H2,1H3. The molecule has 1 aliphatic rings. The van der Waals surface area contributed by atoms with Gasteiger partial charge in [0.1, 0.15) is 5.82 Å². The fourth-order valence-electron chi connectivity index (χ4n) is 3.50. The summed E-state index contributed by atoms with van der Waals surface area (Å²) in [5.41, 5.74) is 1.31. The van der Waals surface area contributed by atoms with E-state index in [0.717, 1.165) is 12.0 Å². The zero-order valence-corrected chi connectivity index (χ0v) is 16.7. The van der Waals surface area contributed by atoms with Gasteiger partial charge in [-0.2, -0.15) is 0 Å². The number of benzene rings is 2. The minimum Gasteiger partial charge on any atom is -0.341 e. The SMILES string of the molecule is CC(CC(=O)N1CCCN(C(=O)c2ccccc2Cl)CC1)c1cccc(F)c1. The van der Waals surface area contributed by atoms with Gasteiger partial charge in [0.05, 0.1) is 10.6 Å². The number of rotatable bonds is 4. The van der Waals surface area contributed by atoms with Crippen molar-refractivity contribution in [1.29, 1.82) is 0 Å². The van der Waals surface area contributed by atoms with Gasteiger partial charge in [0.15, 0.2) is 0 Å². The van der Waals surface area contributed by atoms with Crippen LogP contribution in [0.1, 0.15) is 41.6 Å². The zero-order chi connectivity index (χ0) is 20.1. The smallest absolute Gasteiger partial charge is 0.255 e. The highest BCUT2D eigenvalue weighted by Gasteiger charge is 2.24. The maximum absolute atomic E-state index is 13.4. The number of hydrogen-bond donors (Lipinski definition) is 0. The second-order valence-electron chi connectivity index (χ2n) is 7.17. The van der Waals surface area contributed by atoms with Crippen LogP contribution >= 0.6 is 11.6 Å². The lowest BCUT2D eigenvalue weighted by molar-refractivity contribution is -0.131. The maximum Gasteiger partial charge on any atom is 0.255 e.